The van der Waals surface area contributed by atoms with Gasteiger partial charge in [-0.15, -0.1) is 22.7 Å². The number of aryl methyl sites for hydroxylation is 2. The van der Waals surface area contributed by atoms with Gasteiger partial charge in [-0.2, -0.15) is 0 Å². The molecule has 0 saturated carbocycles. The van der Waals surface area contributed by atoms with Crippen LogP contribution in [-0.4, -0.2) is 11.0 Å². The highest BCUT2D eigenvalue weighted by molar-refractivity contribution is 7.21. The van der Waals surface area contributed by atoms with Crippen LogP contribution in [0, 0.1) is 13.8 Å². The van der Waals surface area contributed by atoms with E-state index in [1.165, 1.54) is 0 Å². The van der Waals surface area contributed by atoms with Crippen LogP contribution in [0.1, 0.15) is 16.1 Å². The number of aromatic nitrogens is 1. The quantitative estimate of drug-likeness (QED) is 0.714. The minimum absolute atomic E-state index is 0.204. The second-order valence-corrected chi connectivity index (χ2v) is 7.16. The number of anilines is 1. The molecule has 2 amide bonds. The summed E-state index contributed by atoms with van der Waals surface area (Å²) in [5.41, 5.74) is 2.83. The number of nitrogens with one attached hydrogen (secondary N) is 2. The van der Waals surface area contributed by atoms with Gasteiger partial charge in [-0.25, -0.2) is 9.78 Å². The first-order valence-electron chi connectivity index (χ1n) is 7.24. The molecule has 2 N–H and O–H groups in total. The Hall–Kier alpha value is -2.18. The van der Waals surface area contributed by atoms with Crippen LogP contribution in [0.25, 0.3) is 9.88 Å². The van der Waals surface area contributed by atoms with Crippen LogP contribution >= 0.6 is 22.7 Å². The van der Waals surface area contributed by atoms with Crippen LogP contribution in [-0.2, 0) is 6.54 Å². The Morgan fingerprint density at radius 1 is 1.17 bits per heavy atom. The van der Waals surface area contributed by atoms with E-state index < -0.39 is 0 Å². The molecule has 0 aliphatic rings. The molecule has 118 valence electrons. The van der Waals surface area contributed by atoms with Crippen LogP contribution < -0.4 is 10.6 Å². The Morgan fingerprint density at radius 2 is 2.00 bits per heavy atom. The summed E-state index contributed by atoms with van der Waals surface area (Å²) in [4.78, 5) is 18.9. The molecule has 4 nitrogen and oxygen atoms in total. The van der Waals surface area contributed by atoms with Crippen molar-refractivity contribution in [3.8, 4) is 9.88 Å². The minimum Gasteiger partial charge on any atom is -0.333 e. The summed E-state index contributed by atoms with van der Waals surface area (Å²) in [6.45, 7) is 4.42. The van der Waals surface area contributed by atoms with Gasteiger partial charge in [-0.05, 0) is 36.9 Å². The Morgan fingerprint density at radius 3 is 2.74 bits per heavy atom. The molecule has 0 aliphatic heterocycles. The number of rotatable bonds is 4. The molecule has 6 heteroatoms. The fraction of sp³-hybridized carbons (Fsp3) is 0.176. The number of nitrogens with zero attached hydrogens (tertiary/aromatic N) is 1. The van der Waals surface area contributed by atoms with E-state index in [4.69, 9.17) is 0 Å². The third-order valence-corrected chi connectivity index (χ3v) is 5.62. The lowest BCUT2D eigenvalue weighted by Gasteiger charge is -2.09. The molecule has 0 spiro atoms. The van der Waals surface area contributed by atoms with Crippen molar-refractivity contribution in [2.75, 3.05) is 5.32 Å². The Bertz CT molecular complexity index is 809. The van der Waals surface area contributed by atoms with Crippen molar-refractivity contribution in [2.45, 2.75) is 20.4 Å². The van der Waals surface area contributed by atoms with E-state index in [2.05, 4.69) is 21.7 Å². The summed E-state index contributed by atoms with van der Waals surface area (Å²) in [6, 6.07) is 11.6. The van der Waals surface area contributed by atoms with Gasteiger partial charge in [-0.1, -0.05) is 24.3 Å². The summed E-state index contributed by atoms with van der Waals surface area (Å²) in [5, 5.41) is 8.82. The van der Waals surface area contributed by atoms with Crippen LogP contribution in [0.3, 0.4) is 0 Å². The monoisotopic (exact) mass is 343 g/mol. The van der Waals surface area contributed by atoms with Gasteiger partial charge in [0.05, 0.1) is 17.1 Å². The van der Waals surface area contributed by atoms with E-state index >= 15 is 0 Å². The number of amides is 2. The highest BCUT2D eigenvalue weighted by Crippen LogP contribution is 2.30. The second-order valence-electron chi connectivity index (χ2n) is 5.13. The molecule has 0 radical (unpaired) electrons. The molecule has 0 bridgehead atoms. The van der Waals surface area contributed by atoms with Crippen molar-refractivity contribution in [3.63, 3.8) is 0 Å². The maximum Gasteiger partial charge on any atom is 0.319 e. The molecule has 3 rings (SSSR count). The molecule has 2 aromatic heterocycles. The summed E-state index contributed by atoms with van der Waals surface area (Å²) in [5.74, 6) is 0. The smallest absolute Gasteiger partial charge is 0.319 e. The zero-order valence-electron chi connectivity index (χ0n) is 12.9. The van der Waals surface area contributed by atoms with Crippen molar-refractivity contribution in [3.05, 3.63) is 57.9 Å². The van der Waals surface area contributed by atoms with Gasteiger partial charge in [0, 0.05) is 10.6 Å². The van der Waals surface area contributed by atoms with E-state index in [-0.39, 0.29) is 6.03 Å². The largest absolute Gasteiger partial charge is 0.333 e. The predicted molar refractivity (Wildman–Crippen MR) is 97.2 cm³/mol. The van der Waals surface area contributed by atoms with E-state index in [1.807, 2.05) is 49.6 Å². The van der Waals surface area contributed by atoms with Crippen LogP contribution in [0.2, 0.25) is 0 Å². The lowest BCUT2D eigenvalue weighted by molar-refractivity contribution is 0.252. The summed E-state index contributed by atoms with van der Waals surface area (Å²) in [6.07, 6.45) is 0. The zero-order chi connectivity index (χ0) is 16.2. The number of carbonyl (C=O) groups excluding carboxylic acids is 1. The molecule has 0 fully saturated rings. The molecule has 0 atom stereocenters. The second kappa shape index (κ2) is 6.93. The van der Waals surface area contributed by atoms with Crippen molar-refractivity contribution >= 4 is 34.4 Å². The number of hydrogen-bond acceptors (Lipinski definition) is 4. The standard InChI is InChI=1S/C17H17N3OS2/c1-11-6-3-4-7-13(11)20-17(21)18-10-15-12(2)19-16(23-15)14-8-5-9-22-14/h3-9H,10H2,1-2H3,(H2,18,20,21). The van der Waals surface area contributed by atoms with E-state index in [9.17, 15) is 4.79 Å². The predicted octanol–water partition coefficient (Wildman–Crippen LogP) is 4.81. The molecule has 0 unspecified atom stereocenters. The number of para-hydroxylation sites is 1. The highest BCUT2D eigenvalue weighted by Gasteiger charge is 2.11. The Kier molecular flexibility index (Phi) is 4.73. The first-order chi connectivity index (χ1) is 11.1. The van der Waals surface area contributed by atoms with Gasteiger partial charge in [0.15, 0.2) is 0 Å². The van der Waals surface area contributed by atoms with Crippen molar-refractivity contribution in [1.82, 2.24) is 10.3 Å². The van der Waals surface area contributed by atoms with Gasteiger partial charge in [0.25, 0.3) is 0 Å². The molecule has 23 heavy (non-hydrogen) atoms. The van der Waals surface area contributed by atoms with E-state index in [0.717, 1.165) is 31.7 Å². The average Bonchev–Trinajstić information content (AvgIpc) is 3.17. The molecule has 0 saturated heterocycles. The number of thiazole rings is 1. The van der Waals surface area contributed by atoms with Crippen LogP contribution in [0.15, 0.2) is 41.8 Å². The summed E-state index contributed by atoms with van der Waals surface area (Å²) in [7, 11) is 0. The van der Waals surface area contributed by atoms with Crippen LogP contribution in [0.4, 0.5) is 10.5 Å². The fourth-order valence-electron chi connectivity index (χ4n) is 2.14. The first-order valence-corrected chi connectivity index (χ1v) is 8.94. The molecular weight excluding hydrogens is 326 g/mol. The maximum atomic E-state index is 12.0. The molecule has 3 aromatic rings. The zero-order valence-corrected chi connectivity index (χ0v) is 14.6. The summed E-state index contributed by atoms with van der Waals surface area (Å²) < 4.78 is 0. The van der Waals surface area contributed by atoms with Crippen molar-refractivity contribution in [1.29, 1.82) is 0 Å². The Balaban J connectivity index is 1.62. The topological polar surface area (TPSA) is 54.0 Å². The van der Waals surface area contributed by atoms with Gasteiger partial charge in [-0.3, -0.25) is 0 Å². The third-order valence-electron chi connectivity index (χ3n) is 3.43. The van der Waals surface area contributed by atoms with Gasteiger partial charge in [0.1, 0.15) is 5.01 Å². The molecule has 2 heterocycles. The highest BCUT2D eigenvalue weighted by atomic mass is 32.1. The average molecular weight is 343 g/mol. The van der Waals surface area contributed by atoms with Crippen molar-refractivity contribution in [2.24, 2.45) is 0 Å². The maximum absolute atomic E-state index is 12.0. The summed E-state index contributed by atoms with van der Waals surface area (Å²) >= 11 is 3.30. The molecule has 0 aliphatic carbocycles. The number of urea groups is 1. The number of carbonyl (C=O) groups is 1. The van der Waals surface area contributed by atoms with Crippen LogP contribution in [0.5, 0.6) is 0 Å². The SMILES string of the molecule is Cc1ccccc1NC(=O)NCc1sc(-c2cccs2)nc1C. The third kappa shape index (κ3) is 3.78. The normalized spacial score (nSPS) is 10.5. The lowest BCUT2D eigenvalue weighted by atomic mass is 10.2. The molecule has 1 aromatic carbocycles. The van der Waals surface area contributed by atoms with E-state index in [0.29, 0.717) is 6.54 Å². The van der Waals surface area contributed by atoms with Gasteiger partial charge in [0.2, 0.25) is 0 Å². The van der Waals surface area contributed by atoms with E-state index in [1.54, 1.807) is 22.7 Å². The number of benzene rings is 1. The first kappa shape index (κ1) is 15.7. The van der Waals surface area contributed by atoms with Gasteiger partial charge < -0.3 is 10.6 Å². The number of thiophene rings is 1. The molecular formula is C17H17N3OS2. The van der Waals surface area contributed by atoms with Gasteiger partial charge >= 0.3 is 6.03 Å². The number of hydrogen-bond donors (Lipinski definition) is 2. The minimum atomic E-state index is -0.204. The van der Waals surface area contributed by atoms with Crippen molar-refractivity contribution < 1.29 is 4.79 Å². The fourth-order valence-corrected chi connectivity index (χ4v) is 3.94. The lowest BCUT2D eigenvalue weighted by Crippen LogP contribution is -2.28. The Labute approximate surface area is 143 Å².